The van der Waals surface area contributed by atoms with Crippen molar-refractivity contribution in [2.45, 2.75) is 76.8 Å². The van der Waals surface area contributed by atoms with Gasteiger partial charge in [-0.3, -0.25) is 14.9 Å². The van der Waals surface area contributed by atoms with Crippen LogP contribution < -0.4 is 5.32 Å². The minimum absolute atomic E-state index is 0.196. The molecule has 3 heterocycles. The number of rotatable bonds is 9. The highest BCUT2D eigenvalue weighted by molar-refractivity contribution is 9.10. The zero-order valence-electron chi connectivity index (χ0n) is 23.1. The standard InChI is InChI=1S/C30H36BrNO8/c1-5-35-27(33)21-20(23(28(34)36-6-2)32-22(21)18-12-14-19(31)15-13-18)24-25(37-16-17-10-8-7-9-11-17)26-29(38-24)40-30(3,4)39-26/h7-15,20-26,29,32H,5-6,16H2,1-4H3/t20-,21-,22-,23-,24-,25-,26+,29+/m0/s1. The Morgan fingerprint density at radius 3 is 2.27 bits per heavy atom. The van der Waals surface area contributed by atoms with E-state index in [1.807, 2.05) is 68.4 Å². The van der Waals surface area contributed by atoms with Gasteiger partial charge in [-0.15, -0.1) is 0 Å². The number of esters is 2. The monoisotopic (exact) mass is 617 g/mol. The summed E-state index contributed by atoms with van der Waals surface area (Å²) < 4.78 is 37.2. The summed E-state index contributed by atoms with van der Waals surface area (Å²) in [7, 11) is 0. The van der Waals surface area contributed by atoms with Crippen LogP contribution in [0.4, 0.5) is 0 Å². The van der Waals surface area contributed by atoms with Gasteiger partial charge in [-0.25, -0.2) is 0 Å². The third-order valence-electron chi connectivity index (χ3n) is 7.54. The number of hydrogen-bond acceptors (Lipinski definition) is 9. The quantitative estimate of drug-likeness (QED) is 0.413. The molecule has 3 aliphatic heterocycles. The second-order valence-corrected chi connectivity index (χ2v) is 11.5. The van der Waals surface area contributed by atoms with Crippen LogP contribution in [0.1, 0.15) is 44.9 Å². The van der Waals surface area contributed by atoms with Gasteiger partial charge in [0, 0.05) is 16.4 Å². The van der Waals surface area contributed by atoms with Gasteiger partial charge in [0.15, 0.2) is 12.1 Å². The van der Waals surface area contributed by atoms with Crippen molar-refractivity contribution in [3.05, 3.63) is 70.2 Å². The molecule has 1 N–H and O–H groups in total. The van der Waals surface area contributed by atoms with E-state index in [-0.39, 0.29) is 13.2 Å². The van der Waals surface area contributed by atoms with Gasteiger partial charge in [0.1, 0.15) is 18.2 Å². The maximum atomic E-state index is 13.6. The first-order chi connectivity index (χ1) is 19.2. The maximum Gasteiger partial charge on any atom is 0.323 e. The van der Waals surface area contributed by atoms with Crippen molar-refractivity contribution in [2.24, 2.45) is 11.8 Å². The summed E-state index contributed by atoms with van der Waals surface area (Å²) in [5, 5.41) is 3.40. The molecule has 216 valence electrons. The molecule has 0 bridgehead atoms. The van der Waals surface area contributed by atoms with E-state index < -0.39 is 66.2 Å². The van der Waals surface area contributed by atoms with E-state index in [4.69, 9.17) is 28.4 Å². The number of carbonyl (C=O) groups excluding carboxylic acids is 2. The smallest absolute Gasteiger partial charge is 0.323 e. The minimum Gasteiger partial charge on any atom is -0.466 e. The number of ether oxygens (including phenoxy) is 6. The van der Waals surface area contributed by atoms with Crippen molar-refractivity contribution in [2.75, 3.05) is 13.2 Å². The molecule has 0 radical (unpaired) electrons. The molecule has 0 saturated carbocycles. The van der Waals surface area contributed by atoms with Gasteiger partial charge in [0.2, 0.25) is 0 Å². The second kappa shape index (κ2) is 12.3. The number of halogens is 1. The van der Waals surface area contributed by atoms with Crippen LogP contribution in [0.25, 0.3) is 0 Å². The van der Waals surface area contributed by atoms with Crippen LogP contribution in [0.5, 0.6) is 0 Å². The van der Waals surface area contributed by atoms with E-state index in [9.17, 15) is 9.59 Å². The van der Waals surface area contributed by atoms with Crippen LogP contribution in [0.2, 0.25) is 0 Å². The van der Waals surface area contributed by atoms with E-state index in [1.165, 1.54) is 0 Å². The molecule has 2 aromatic rings. The summed E-state index contributed by atoms with van der Waals surface area (Å²) in [4.78, 5) is 27.0. The largest absolute Gasteiger partial charge is 0.466 e. The van der Waals surface area contributed by atoms with Gasteiger partial charge >= 0.3 is 11.9 Å². The molecule has 9 nitrogen and oxygen atoms in total. The van der Waals surface area contributed by atoms with E-state index in [0.717, 1.165) is 15.6 Å². The fraction of sp³-hybridized carbons (Fsp3) is 0.533. The third kappa shape index (κ3) is 5.98. The normalized spacial score (nSPS) is 32.5. The molecule has 0 aliphatic carbocycles. The Morgan fingerprint density at radius 2 is 1.60 bits per heavy atom. The van der Waals surface area contributed by atoms with E-state index >= 15 is 0 Å². The Balaban J connectivity index is 1.54. The molecular formula is C30H36BrNO8. The molecule has 40 heavy (non-hydrogen) atoms. The van der Waals surface area contributed by atoms with Crippen molar-refractivity contribution < 1.29 is 38.0 Å². The van der Waals surface area contributed by atoms with Crippen LogP contribution >= 0.6 is 15.9 Å². The van der Waals surface area contributed by atoms with E-state index in [1.54, 1.807) is 13.8 Å². The summed E-state index contributed by atoms with van der Waals surface area (Å²) in [5.41, 5.74) is 1.82. The molecule has 5 rings (SSSR count). The topological polar surface area (TPSA) is 102 Å². The Labute approximate surface area is 242 Å². The molecule has 2 aromatic carbocycles. The molecule has 0 unspecified atom stereocenters. The Morgan fingerprint density at radius 1 is 0.925 bits per heavy atom. The number of benzene rings is 2. The first kappa shape index (κ1) is 29.2. The molecular weight excluding hydrogens is 582 g/mol. The SMILES string of the molecule is CCOC(=O)[C@H]1[C@H]([C@@H]2O[C@@H]3OC(C)(C)O[C@@H]3[C@H]2OCc2ccccc2)[C@@H](C(=O)OCC)N[C@H]1c1ccc(Br)cc1. The van der Waals surface area contributed by atoms with Crippen molar-refractivity contribution in [3.63, 3.8) is 0 Å². The zero-order chi connectivity index (χ0) is 28.4. The molecule has 3 saturated heterocycles. The summed E-state index contributed by atoms with van der Waals surface area (Å²) >= 11 is 3.47. The average molecular weight is 619 g/mol. The van der Waals surface area contributed by atoms with Crippen molar-refractivity contribution in [1.29, 1.82) is 0 Å². The lowest BCUT2D eigenvalue weighted by Gasteiger charge is -2.33. The predicted octanol–water partition coefficient (Wildman–Crippen LogP) is 4.28. The van der Waals surface area contributed by atoms with Gasteiger partial charge in [0.25, 0.3) is 0 Å². The second-order valence-electron chi connectivity index (χ2n) is 10.6. The number of nitrogens with one attached hydrogen (secondary N) is 1. The highest BCUT2D eigenvalue weighted by atomic mass is 79.9. The molecule has 0 spiro atoms. The fourth-order valence-corrected chi connectivity index (χ4v) is 6.23. The van der Waals surface area contributed by atoms with Crippen molar-refractivity contribution in [3.8, 4) is 0 Å². The lowest BCUT2D eigenvalue weighted by molar-refractivity contribution is -0.228. The van der Waals surface area contributed by atoms with Crippen LogP contribution in [-0.2, 0) is 44.6 Å². The Bertz CT molecular complexity index is 1180. The number of fused-ring (bicyclic) bond motifs is 1. The van der Waals surface area contributed by atoms with Crippen LogP contribution in [-0.4, -0.2) is 61.6 Å². The Hall–Kier alpha value is -2.34. The highest BCUT2D eigenvalue weighted by Gasteiger charge is 2.63. The molecule has 0 aromatic heterocycles. The molecule has 3 aliphatic rings. The zero-order valence-corrected chi connectivity index (χ0v) is 24.7. The van der Waals surface area contributed by atoms with Gasteiger partial charge in [-0.05, 0) is 51.0 Å². The first-order valence-electron chi connectivity index (χ1n) is 13.7. The van der Waals surface area contributed by atoms with Gasteiger partial charge in [-0.2, -0.15) is 0 Å². The number of hydrogen-bond donors (Lipinski definition) is 1. The summed E-state index contributed by atoms with van der Waals surface area (Å²) in [6.45, 7) is 7.85. The van der Waals surface area contributed by atoms with Crippen LogP contribution in [0.3, 0.4) is 0 Å². The van der Waals surface area contributed by atoms with Gasteiger partial charge in [-0.1, -0.05) is 58.4 Å². The predicted molar refractivity (Wildman–Crippen MR) is 148 cm³/mol. The van der Waals surface area contributed by atoms with Crippen molar-refractivity contribution in [1.82, 2.24) is 5.32 Å². The van der Waals surface area contributed by atoms with Gasteiger partial charge in [0.05, 0.1) is 31.8 Å². The van der Waals surface area contributed by atoms with Crippen LogP contribution in [0, 0.1) is 11.8 Å². The third-order valence-corrected chi connectivity index (χ3v) is 8.07. The van der Waals surface area contributed by atoms with E-state index in [2.05, 4.69) is 21.2 Å². The lowest BCUT2D eigenvalue weighted by Crippen LogP contribution is -2.49. The average Bonchev–Trinajstić information content (AvgIpc) is 3.56. The van der Waals surface area contributed by atoms with Crippen LogP contribution in [0.15, 0.2) is 59.1 Å². The maximum absolute atomic E-state index is 13.6. The van der Waals surface area contributed by atoms with Gasteiger partial charge < -0.3 is 28.4 Å². The van der Waals surface area contributed by atoms with Crippen molar-refractivity contribution >= 4 is 27.9 Å². The molecule has 3 fully saturated rings. The molecule has 10 heteroatoms. The summed E-state index contributed by atoms with van der Waals surface area (Å²) in [6.07, 6.45) is -2.64. The molecule has 0 amide bonds. The number of carbonyl (C=O) groups is 2. The minimum atomic E-state index is -0.871. The summed E-state index contributed by atoms with van der Waals surface area (Å²) in [6, 6.07) is 16.0. The summed E-state index contributed by atoms with van der Waals surface area (Å²) in [5.74, 6) is -3.22. The Kier molecular flexibility index (Phi) is 8.94. The first-order valence-corrected chi connectivity index (χ1v) is 14.5. The molecule has 8 atom stereocenters. The lowest BCUT2D eigenvalue weighted by atomic mass is 9.79. The van der Waals surface area contributed by atoms with E-state index in [0.29, 0.717) is 6.61 Å². The highest BCUT2D eigenvalue weighted by Crippen LogP contribution is 2.48. The fourth-order valence-electron chi connectivity index (χ4n) is 5.96.